The van der Waals surface area contributed by atoms with Gasteiger partial charge in [-0.25, -0.2) is 0 Å². The first-order valence-corrected chi connectivity index (χ1v) is 7.43. The number of benzene rings is 1. The molecule has 0 spiro atoms. The molecule has 0 saturated carbocycles. The normalized spacial score (nSPS) is 16.8. The van der Waals surface area contributed by atoms with Crippen molar-refractivity contribution in [2.24, 2.45) is 0 Å². The van der Waals surface area contributed by atoms with Gasteiger partial charge in [0, 0.05) is 18.8 Å². The molecule has 1 aliphatic heterocycles. The Kier molecular flexibility index (Phi) is 5.46. The van der Waals surface area contributed by atoms with Crippen LogP contribution in [0, 0.1) is 0 Å². The van der Waals surface area contributed by atoms with E-state index >= 15 is 0 Å². The van der Waals surface area contributed by atoms with E-state index in [2.05, 4.69) is 11.9 Å². The van der Waals surface area contributed by atoms with Crippen LogP contribution in [0.1, 0.15) is 24.0 Å². The van der Waals surface area contributed by atoms with E-state index in [1.165, 1.54) is 0 Å². The van der Waals surface area contributed by atoms with Crippen LogP contribution in [0.3, 0.4) is 0 Å². The molecule has 1 aromatic carbocycles. The molecule has 1 amide bonds. The SMILES string of the molecule is C=C1CCN(CC(=O)Nc2cc(C(F)(F)F)cc(C(F)(F)F)c2)CC1. The summed E-state index contributed by atoms with van der Waals surface area (Å²) in [4.78, 5) is 13.7. The lowest BCUT2D eigenvalue weighted by molar-refractivity contribution is -0.143. The Labute approximate surface area is 140 Å². The van der Waals surface area contributed by atoms with Gasteiger partial charge < -0.3 is 5.32 Å². The van der Waals surface area contributed by atoms with E-state index in [0.717, 1.165) is 5.57 Å². The van der Waals surface area contributed by atoms with Crippen molar-refractivity contribution in [2.45, 2.75) is 25.2 Å². The number of hydrogen-bond donors (Lipinski definition) is 1. The van der Waals surface area contributed by atoms with E-state index in [1.807, 2.05) is 0 Å². The molecule has 25 heavy (non-hydrogen) atoms. The van der Waals surface area contributed by atoms with Crippen molar-refractivity contribution < 1.29 is 31.1 Å². The van der Waals surface area contributed by atoms with Gasteiger partial charge in [-0.3, -0.25) is 9.69 Å². The maximum absolute atomic E-state index is 12.8. The summed E-state index contributed by atoms with van der Waals surface area (Å²) < 4.78 is 76.7. The first kappa shape index (κ1) is 19.3. The average molecular weight is 366 g/mol. The van der Waals surface area contributed by atoms with E-state index in [4.69, 9.17) is 0 Å². The molecule has 0 aliphatic carbocycles. The minimum atomic E-state index is -4.95. The van der Waals surface area contributed by atoms with Gasteiger partial charge >= 0.3 is 12.4 Å². The molecule has 1 saturated heterocycles. The number of amides is 1. The second-order valence-corrected chi connectivity index (χ2v) is 5.87. The van der Waals surface area contributed by atoms with Crippen molar-refractivity contribution in [3.63, 3.8) is 0 Å². The molecule has 0 bridgehead atoms. The molecule has 0 atom stereocenters. The third-order valence-electron chi connectivity index (χ3n) is 3.80. The lowest BCUT2D eigenvalue weighted by Gasteiger charge is -2.27. The molecule has 1 aromatic rings. The highest BCUT2D eigenvalue weighted by molar-refractivity contribution is 5.92. The Morgan fingerprint density at radius 2 is 1.48 bits per heavy atom. The van der Waals surface area contributed by atoms with Gasteiger partial charge in [0.05, 0.1) is 17.7 Å². The second-order valence-electron chi connectivity index (χ2n) is 5.87. The Morgan fingerprint density at radius 1 is 1.00 bits per heavy atom. The quantitative estimate of drug-likeness (QED) is 0.639. The zero-order valence-corrected chi connectivity index (χ0v) is 13.1. The summed E-state index contributed by atoms with van der Waals surface area (Å²) in [6.45, 7) is 4.86. The van der Waals surface area contributed by atoms with Gasteiger partial charge in [0.15, 0.2) is 0 Å². The van der Waals surface area contributed by atoms with E-state index in [-0.39, 0.29) is 12.6 Å². The van der Waals surface area contributed by atoms with Crippen molar-refractivity contribution in [1.82, 2.24) is 4.90 Å². The van der Waals surface area contributed by atoms with Crippen LogP contribution >= 0.6 is 0 Å². The largest absolute Gasteiger partial charge is 0.416 e. The summed E-state index contributed by atoms with van der Waals surface area (Å²) in [6.07, 6.45) is -8.49. The van der Waals surface area contributed by atoms with Gasteiger partial charge in [0.25, 0.3) is 0 Å². The summed E-state index contributed by atoms with van der Waals surface area (Å²) >= 11 is 0. The highest BCUT2D eigenvalue weighted by Gasteiger charge is 2.37. The molecule has 1 fully saturated rings. The molecule has 0 aromatic heterocycles. The van der Waals surface area contributed by atoms with E-state index in [1.54, 1.807) is 4.90 Å². The van der Waals surface area contributed by atoms with Crippen LogP contribution in [-0.4, -0.2) is 30.4 Å². The first-order chi connectivity index (χ1) is 11.4. The number of carbonyl (C=O) groups excluding carboxylic acids is 1. The predicted molar refractivity (Wildman–Crippen MR) is 79.9 cm³/mol. The van der Waals surface area contributed by atoms with Crippen LogP contribution in [0.5, 0.6) is 0 Å². The van der Waals surface area contributed by atoms with Gasteiger partial charge in [0.1, 0.15) is 0 Å². The second kappa shape index (κ2) is 7.07. The third kappa shape index (κ3) is 5.48. The molecule has 0 radical (unpaired) electrons. The maximum Gasteiger partial charge on any atom is 0.416 e. The van der Waals surface area contributed by atoms with Gasteiger partial charge in [-0.2, -0.15) is 26.3 Å². The summed E-state index contributed by atoms with van der Waals surface area (Å²) in [5.74, 6) is -0.667. The Hall–Kier alpha value is -2.03. The number of nitrogens with one attached hydrogen (secondary N) is 1. The standard InChI is InChI=1S/C16H16F6N2O/c1-10-2-4-24(5-3-10)9-14(25)23-13-7-11(15(17,18)19)6-12(8-13)16(20,21)22/h6-8H,1-5,9H2,(H,23,25). The number of rotatable bonds is 3. The van der Waals surface area contributed by atoms with Crippen molar-refractivity contribution in [2.75, 3.05) is 25.0 Å². The number of alkyl halides is 6. The highest BCUT2D eigenvalue weighted by atomic mass is 19.4. The number of halogens is 6. The van der Waals surface area contributed by atoms with Crippen molar-refractivity contribution in [3.8, 4) is 0 Å². The number of anilines is 1. The van der Waals surface area contributed by atoms with E-state index in [0.29, 0.717) is 38.1 Å². The van der Waals surface area contributed by atoms with Crippen molar-refractivity contribution in [1.29, 1.82) is 0 Å². The van der Waals surface area contributed by atoms with E-state index < -0.39 is 35.1 Å². The molecule has 1 aliphatic rings. The topological polar surface area (TPSA) is 32.3 Å². The molecule has 1 N–H and O–H groups in total. The molecule has 9 heteroatoms. The Morgan fingerprint density at radius 3 is 1.92 bits per heavy atom. The van der Waals surface area contributed by atoms with Crippen molar-refractivity contribution >= 4 is 11.6 Å². The summed E-state index contributed by atoms with van der Waals surface area (Å²) in [5.41, 5.74) is -2.42. The smallest absolute Gasteiger partial charge is 0.325 e. The zero-order chi connectivity index (χ0) is 18.8. The molecule has 138 valence electrons. The zero-order valence-electron chi connectivity index (χ0n) is 13.1. The molecular formula is C16H16F6N2O. The fraction of sp³-hybridized carbons (Fsp3) is 0.438. The van der Waals surface area contributed by atoms with Gasteiger partial charge in [-0.1, -0.05) is 12.2 Å². The van der Waals surface area contributed by atoms with Gasteiger partial charge in [0.2, 0.25) is 5.91 Å². The highest BCUT2D eigenvalue weighted by Crippen LogP contribution is 2.37. The minimum Gasteiger partial charge on any atom is -0.325 e. The number of nitrogens with zero attached hydrogens (tertiary/aromatic N) is 1. The molecule has 3 nitrogen and oxygen atoms in total. The van der Waals surface area contributed by atoms with Crippen LogP contribution in [0.15, 0.2) is 30.4 Å². The average Bonchev–Trinajstić information content (AvgIpc) is 2.47. The van der Waals surface area contributed by atoms with Crippen LogP contribution in [0.4, 0.5) is 32.0 Å². The number of likely N-dealkylation sites (tertiary alicyclic amines) is 1. The third-order valence-corrected chi connectivity index (χ3v) is 3.80. The fourth-order valence-corrected chi connectivity index (χ4v) is 2.46. The van der Waals surface area contributed by atoms with E-state index in [9.17, 15) is 31.1 Å². The molecule has 0 unspecified atom stereocenters. The first-order valence-electron chi connectivity index (χ1n) is 7.43. The lowest BCUT2D eigenvalue weighted by atomic mass is 10.1. The van der Waals surface area contributed by atoms with Crippen molar-refractivity contribution in [3.05, 3.63) is 41.5 Å². The Balaban J connectivity index is 2.14. The maximum atomic E-state index is 12.8. The van der Waals surface area contributed by atoms with Crippen LogP contribution < -0.4 is 5.32 Å². The number of hydrogen-bond acceptors (Lipinski definition) is 2. The fourth-order valence-electron chi connectivity index (χ4n) is 2.46. The van der Waals surface area contributed by atoms with Crippen LogP contribution in [0.25, 0.3) is 0 Å². The number of carbonyl (C=O) groups is 1. The number of piperidine rings is 1. The monoisotopic (exact) mass is 366 g/mol. The Bertz CT molecular complexity index is 623. The van der Waals surface area contributed by atoms with Gasteiger partial charge in [-0.15, -0.1) is 0 Å². The predicted octanol–water partition coefficient (Wildman–Crippen LogP) is 4.31. The molecular weight excluding hydrogens is 350 g/mol. The molecule has 1 heterocycles. The summed E-state index contributed by atoms with van der Waals surface area (Å²) in [7, 11) is 0. The van der Waals surface area contributed by atoms with Crippen LogP contribution in [-0.2, 0) is 17.1 Å². The summed E-state index contributed by atoms with van der Waals surface area (Å²) in [5, 5.41) is 2.12. The minimum absolute atomic E-state index is 0.0197. The summed E-state index contributed by atoms with van der Waals surface area (Å²) in [6, 6.07) is 1.00. The van der Waals surface area contributed by atoms with Crippen LogP contribution in [0.2, 0.25) is 0 Å². The van der Waals surface area contributed by atoms with Gasteiger partial charge in [-0.05, 0) is 31.0 Å². The lowest BCUT2D eigenvalue weighted by Crippen LogP contribution is -2.37. The molecule has 2 rings (SSSR count).